The predicted octanol–water partition coefficient (Wildman–Crippen LogP) is 1.94. The molecule has 1 N–H and O–H groups in total. The Balaban J connectivity index is 3.24. The fraction of sp³-hybridized carbons (Fsp3) is 0.417. The van der Waals surface area contributed by atoms with Crippen LogP contribution in [0.2, 0.25) is 0 Å². The zero-order valence-electron chi connectivity index (χ0n) is 11.2. The molecule has 1 rings (SSSR count). The van der Waals surface area contributed by atoms with Crippen LogP contribution in [0.25, 0.3) is 0 Å². The van der Waals surface area contributed by atoms with Gasteiger partial charge in [-0.3, -0.25) is 4.79 Å². The van der Waals surface area contributed by atoms with Crippen LogP contribution in [0.3, 0.4) is 0 Å². The van der Waals surface area contributed by atoms with Crippen molar-refractivity contribution < 1.29 is 23.1 Å². The number of hydrogen-bond acceptors (Lipinski definition) is 4. The minimum absolute atomic E-state index is 0.00146. The molecule has 0 unspecified atom stereocenters. The van der Waals surface area contributed by atoms with Gasteiger partial charge in [0.2, 0.25) is 10.0 Å². The maximum atomic E-state index is 12.5. The van der Waals surface area contributed by atoms with Crippen LogP contribution in [0.15, 0.2) is 27.6 Å². The Morgan fingerprint density at radius 2 is 2.05 bits per heavy atom. The average molecular weight is 366 g/mol. The van der Waals surface area contributed by atoms with Gasteiger partial charge in [0, 0.05) is 17.1 Å². The van der Waals surface area contributed by atoms with Gasteiger partial charge in [-0.05, 0) is 18.6 Å². The molecular weight excluding hydrogens is 350 g/mol. The van der Waals surface area contributed by atoms with E-state index < -0.39 is 22.5 Å². The molecule has 0 radical (unpaired) electrons. The van der Waals surface area contributed by atoms with E-state index in [1.54, 1.807) is 13.0 Å². The number of rotatable bonds is 7. The normalized spacial score (nSPS) is 11.6. The average Bonchev–Trinajstić information content (AvgIpc) is 2.36. The summed E-state index contributed by atoms with van der Waals surface area (Å²) in [5.41, 5.74) is 0. The molecule has 0 spiro atoms. The highest BCUT2D eigenvalue weighted by molar-refractivity contribution is 9.10. The fourth-order valence-corrected chi connectivity index (χ4v) is 3.80. The number of sulfonamides is 1. The van der Waals surface area contributed by atoms with Crippen molar-refractivity contribution in [2.75, 3.05) is 20.2 Å². The third-order valence-electron chi connectivity index (χ3n) is 2.50. The van der Waals surface area contributed by atoms with E-state index in [4.69, 9.17) is 9.84 Å². The van der Waals surface area contributed by atoms with Gasteiger partial charge in [-0.2, -0.15) is 4.31 Å². The molecule has 20 heavy (non-hydrogen) atoms. The number of halogens is 1. The number of carbonyl (C=O) groups is 1. The van der Waals surface area contributed by atoms with Gasteiger partial charge >= 0.3 is 5.97 Å². The summed E-state index contributed by atoms with van der Waals surface area (Å²) >= 11 is 3.21. The number of carboxylic acid groups (broad SMARTS) is 1. The van der Waals surface area contributed by atoms with E-state index in [0.29, 0.717) is 16.6 Å². The Morgan fingerprint density at radius 1 is 1.40 bits per heavy atom. The van der Waals surface area contributed by atoms with Crippen molar-refractivity contribution in [3.63, 3.8) is 0 Å². The van der Waals surface area contributed by atoms with Crippen LogP contribution in [0.5, 0.6) is 5.75 Å². The second-order valence-corrected chi connectivity index (χ2v) is 6.91. The van der Waals surface area contributed by atoms with Crippen LogP contribution in [0.4, 0.5) is 0 Å². The standard InChI is InChI=1S/C12H16BrNO5S/c1-3-4-14(8-12(15)16)20(17,18)11-6-9(13)5-10(7-11)19-2/h5-7H,3-4,8H2,1-2H3,(H,15,16). The summed E-state index contributed by atoms with van der Waals surface area (Å²) in [7, 11) is -2.44. The molecule has 0 atom stereocenters. The summed E-state index contributed by atoms with van der Waals surface area (Å²) in [5, 5.41) is 8.84. The Labute approximate surface area is 126 Å². The van der Waals surface area contributed by atoms with E-state index in [2.05, 4.69) is 15.9 Å². The van der Waals surface area contributed by atoms with Crippen molar-refractivity contribution in [2.45, 2.75) is 18.2 Å². The Hall–Kier alpha value is -1.12. The molecule has 0 aromatic heterocycles. The molecule has 1 aromatic carbocycles. The number of hydrogen-bond donors (Lipinski definition) is 1. The maximum absolute atomic E-state index is 12.5. The summed E-state index contributed by atoms with van der Waals surface area (Å²) in [6.45, 7) is 1.36. The summed E-state index contributed by atoms with van der Waals surface area (Å²) in [4.78, 5) is 10.8. The van der Waals surface area contributed by atoms with E-state index in [0.717, 1.165) is 4.31 Å². The van der Waals surface area contributed by atoms with E-state index in [-0.39, 0.29) is 11.4 Å². The first kappa shape index (κ1) is 16.9. The van der Waals surface area contributed by atoms with Crippen LogP contribution < -0.4 is 4.74 Å². The molecule has 0 aliphatic carbocycles. The van der Waals surface area contributed by atoms with E-state index in [1.165, 1.54) is 19.2 Å². The highest BCUT2D eigenvalue weighted by Crippen LogP contribution is 2.26. The number of carboxylic acids is 1. The van der Waals surface area contributed by atoms with Gasteiger partial charge in [0.15, 0.2) is 0 Å². The van der Waals surface area contributed by atoms with Gasteiger partial charge in [-0.15, -0.1) is 0 Å². The second kappa shape index (κ2) is 7.05. The first-order chi connectivity index (χ1) is 9.31. The zero-order valence-corrected chi connectivity index (χ0v) is 13.6. The molecule has 0 fully saturated rings. The smallest absolute Gasteiger partial charge is 0.318 e. The van der Waals surface area contributed by atoms with Crippen LogP contribution >= 0.6 is 15.9 Å². The molecular formula is C12H16BrNO5S. The van der Waals surface area contributed by atoms with E-state index >= 15 is 0 Å². The minimum Gasteiger partial charge on any atom is -0.497 e. The van der Waals surface area contributed by atoms with Crippen molar-refractivity contribution in [2.24, 2.45) is 0 Å². The molecule has 0 saturated carbocycles. The largest absolute Gasteiger partial charge is 0.497 e. The van der Waals surface area contributed by atoms with Crippen LogP contribution in [0, 0.1) is 0 Å². The van der Waals surface area contributed by atoms with E-state index in [9.17, 15) is 13.2 Å². The highest BCUT2D eigenvalue weighted by atomic mass is 79.9. The number of methoxy groups -OCH3 is 1. The van der Waals surface area contributed by atoms with Gasteiger partial charge in [-0.25, -0.2) is 8.42 Å². The zero-order chi connectivity index (χ0) is 15.3. The molecule has 0 aliphatic heterocycles. The lowest BCUT2D eigenvalue weighted by Crippen LogP contribution is -2.36. The fourth-order valence-electron chi connectivity index (χ4n) is 1.64. The lowest BCUT2D eigenvalue weighted by molar-refractivity contribution is -0.137. The summed E-state index contributed by atoms with van der Waals surface area (Å²) in [6.07, 6.45) is 0.525. The second-order valence-electron chi connectivity index (χ2n) is 4.06. The van der Waals surface area contributed by atoms with Crippen LogP contribution in [-0.2, 0) is 14.8 Å². The first-order valence-electron chi connectivity index (χ1n) is 5.87. The Bertz CT molecular complexity index is 588. The molecule has 0 aliphatic rings. The van der Waals surface area contributed by atoms with Gasteiger partial charge in [-0.1, -0.05) is 22.9 Å². The van der Waals surface area contributed by atoms with Gasteiger partial charge in [0.25, 0.3) is 0 Å². The molecule has 8 heteroatoms. The monoisotopic (exact) mass is 365 g/mol. The summed E-state index contributed by atoms with van der Waals surface area (Å²) in [6, 6.07) is 4.41. The Kier molecular flexibility index (Phi) is 5.97. The predicted molar refractivity (Wildman–Crippen MR) is 77.4 cm³/mol. The highest BCUT2D eigenvalue weighted by Gasteiger charge is 2.26. The van der Waals surface area contributed by atoms with Crippen molar-refractivity contribution in [1.82, 2.24) is 4.31 Å². The van der Waals surface area contributed by atoms with Gasteiger partial charge < -0.3 is 9.84 Å². The minimum atomic E-state index is -3.87. The van der Waals surface area contributed by atoms with Gasteiger partial charge in [0.1, 0.15) is 12.3 Å². The third kappa shape index (κ3) is 4.19. The number of benzene rings is 1. The van der Waals surface area contributed by atoms with Crippen molar-refractivity contribution in [3.05, 3.63) is 22.7 Å². The molecule has 6 nitrogen and oxygen atoms in total. The molecule has 112 valence electrons. The SMILES string of the molecule is CCCN(CC(=O)O)S(=O)(=O)c1cc(Br)cc(OC)c1. The Morgan fingerprint density at radius 3 is 2.55 bits per heavy atom. The molecule has 0 heterocycles. The quantitative estimate of drug-likeness (QED) is 0.797. The first-order valence-corrected chi connectivity index (χ1v) is 8.11. The maximum Gasteiger partial charge on any atom is 0.318 e. The summed E-state index contributed by atoms with van der Waals surface area (Å²) < 4.78 is 31.4. The molecule has 0 saturated heterocycles. The van der Waals surface area contributed by atoms with Crippen molar-refractivity contribution in [3.8, 4) is 5.75 Å². The molecule has 0 bridgehead atoms. The number of aliphatic carboxylic acids is 1. The van der Waals surface area contributed by atoms with Gasteiger partial charge in [0.05, 0.1) is 12.0 Å². The summed E-state index contributed by atoms with van der Waals surface area (Å²) in [5.74, 6) is -0.811. The van der Waals surface area contributed by atoms with E-state index in [1.807, 2.05) is 0 Å². The molecule has 1 aromatic rings. The third-order valence-corrected chi connectivity index (χ3v) is 4.78. The lowest BCUT2D eigenvalue weighted by atomic mass is 10.3. The number of nitrogens with zero attached hydrogens (tertiary/aromatic N) is 1. The van der Waals surface area contributed by atoms with Crippen LogP contribution in [0.1, 0.15) is 13.3 Å². The van der Waals surface area contributed by atoms with Crippen molar-refractivity contribution >= 4 is 31.9 Å². The lowest BCUT2D eigenvalue weighted by Gasteiger charge is -2.20. The number of ether oxygens (including phenoxy) is 1. The van der Waals surface area contributed by atoms with Crippen LogP contribution in [-0.4, -0.2) is 44.0 Å². The topological polar surface area (TPSA) is 83.9 Å². The van der Waals surface area contributed by atoms with Crippen molar-refractivity contribution in [1.29, 1.82) is 0 Å². The molecule has 0 amide bonds.